The summed E-state index contributed by atoms with van der Waals surface area (Å²) in [5.41, 5.74) is 5.09. The topological polar surface area (TPSA) is 54.4 Å². The standard InChI is InChI=1S/C26H26O3/c1-19-10-12-21(13-11-19)22-14-16-23(17-15-22)25(27)18-24(26(28)29)9-5-8-20-6-3-2-4-7-20/h2-4,6-7,10-17,24H,5,8-9,18H2,1H3,(H,28,29). The molecule has 0 aromatic heterocycles. The number of ketones is 1. The van der Waals surface area contributed by atoms with E-state index in [0.717, 1.165) is 24.0 Å². The zero-order valence-corrected chi connectivity index (χ0v) is 16.7. The van der Waals surface area contributed by atoms with Crippen LogP contribution in [0, 0.1) is 12.8 Å². The van der Waals surface area contributed by atoms with Crippen molar-refractivity contribution in [1.82, 2.24) is 0 Å². The summed E-state index contributed by atoms with van der Waals surface area (Å²) >= 11 is 0. The Hall–Kier alpha value is -3.20. The highest BCUT2D eigenvalue weighted by Crippen LogP contribution is 2.22. The Morgan fingerprint density at radius 1 is 0.828 bits per heavy atom. The Balaban J connectivity index is 1.59. The van der Waals surface area contributed by atoms with Gasteiger partial charge in [-0.3, -0.25) is 9.59 Å². The number of rotatable bonds is 9. The van der Waals surface area contributed by atoms with Crippen LogP contribution >= 0.6 is 0 Å². The van der Waals surface area contributed by atoms with Gasteiger partial charge in [-0.25, -0.2) is 0 Å². The molecule has 3 aromatic rings. The number of carboxylic acids is 1. The largest absolute Gasteiger partial charge is 0.481 e. The van der Waals surface area contributed by atoms with Crippen LogP contribution in [-0.2, 0) is 11.2 Å². The van der Waals surface area contributed by atoms with Crippen molar-refractivity contribution in [3.05, 3.63) is 95.6 Å². The quantitative estimate of drug-likeness (QED) is 0.462. The first-order valence-electron chi connectivity index (χ1n) is 10.00. The van der Waals surface area contributed by atoms with Crippen LogP contribution in [0.2, 0.25) is 0 Å². The van der Waals surface area contributed by atoms with E-state index in [1.54, 1.807) is 12.1 Å². The summed E-state index contributed by atoms with van der Waals surface area (Å²) in [5.74, 6) is -1.67. The van der Waals surface area contributed by atoms with E-state index >= 15 is 0 Å². The van der Waals surface area contributed by atoms with Gasteiger partial charge < -0.3 is 5.11 Å². The number of Topliss-reactive ketones (excluding diaryl/α,β-unsaturated/α-hetero) is 1. The highest BCUT2D eigenvalue weighted by Gasteiger charge is 2.21. The van der Waals surface area contributed by atoms with E-state index in [2.05, 4.69) is 24.3 Å². The van der Waals surface area contributed by atoms with Gasteiger partial charge in [-0.05, 0) is 42.9 Å². The molecule has 1 unspecified atom stereocenters. The van der Waals surface area contributed by atoms with Gasteiger partial charge in [0.1, 0.15) is 0 Å². The molecule has 0 amide bonds. The molecule has 0 aliphatic heterocycles. The van der Waals surface area contributed by atoms with Gasteiger partial charge in [0.25, 0.3) is 0 Å². The number of benzene rings is 3. The number of carbonyl (C=O) groups is 2. The molecule has 29 heavy (non-hydrogen) atoms. The van der Waals surface area contributed by atoms with E-state index in [1.807, 2.05) is 49.4 Å². The predicted molar refractivity (Wildman–Crippen MR) is 116 cm³/mol. The number of aryl methyl sites for hydroxylation is 2. The first kappa shape index (κ1) is 20.5. The number of carbonyl (C=O) groups excluding carboxylic acids is 1. The first-order chi connectivity index (χ1) is 14.0. The second-order valence-electron chi connectivity index (χ2n) is 7.48. The van der Waals surface area contributed by atoms with Crippen LogP contribution in [0.3, 0.4) is 0 Å². The molecular formula is C26H26O3. The highest BCUT2D eigenvalue weighted by atomic mass is 16.4. The van der Waals surface area contributed by atoms with Crippen LogP contribution in [0.4, 0.5) is 0 Å². The van der Waals surface area contributed by atoms with Crippen LogP contribution < -0.4 is 0 Å². The fourth-order valence-corrected chi connectivity index (χ4v) is 3.45. The molecule has 0 fully saturated rings. The normalized spacial score (nSPS) is 11.8. The van der Waals surface area contributed by atoms with Crippen molar-refractivity contribution in [3.63, 3.8) is 0 Å². The van der Waals surface area contributed by atoms with Crippen LogP contribution in [-0.4, -0.2) is 16.9 Å². The fourth-order valence-electron chi connectivity index (χ4n) is 3.45. The van der Waals surface area contributed by atoms with E-state index in [0.29, 0.717) is 12.0 Å². The number of carboxylic acid groups (broad SMARTS) is 1. The van der Waals surface area contributed by atoms with E-state index in [1.165, 1.54) is 11.1 Å². The monoisotopic (exact) mass is 386 g/mol. The Kier molecular flexibility index (Phi) is 6.96. The van der Waals surface area contributed by atoms with Crippen molar-refractivity contribution < 1.29 is 14.7 Å². The molecule has 0 bridgehead atoms. The van der Waals surface area contributed by atoms with Gasteiger partial charge in [0.15, 0.2) is 5.78 Å². The third-order valence-corrected chi connectivity index (χ3v) is 5.23. The molecule has 3 heteroatoms. The van der Waals surface area contributed by atoms with Crippen molar-refractivity contribution in [2.45, 2.75) is 32.6 Å². The minimum absolute atomic E-state index is 0.0357. The molecule has 1 atom stereocenters. The van der Waals surface area contributed by atoms with E-state index in [9.17, 15) is 14.7 Å². The third-order valence-electron chi connectivity index (χ3n) is 5.23. The van der Waals surface area contributed by atoms with Gasteiger partial charge in [0, 0.05) is 12.0 Å². The van der Waals surface area contributed by atoms with E-state index < -0.39 is 11.9 Å². The van der Waals surface area contributed by atoms with Gasteiger partial charge in [-0.2, -0.15) is 0 Å². The second kappa shape index (κ2) is 9.83. The minimum Gasteiger partial charge on any atom is -0.481 e. The molecule has 0 spiro atoms. The van der Waals surface area contributed by atoms with Gasteiger partial charge in [-0.15, -0.1) is 0 Å². The lowest BCUT2D eigenvalue weighted by molar-refractivity contribution is -0.141. The summed E-state index contributed by atoms with van der Waals surface area (Å²) < 4.78 is 0. The number of aliphatic carboxylic acids is 1. The molecule has 148 valence electrons. The Morgan fingerprint density at radius 3 is 2.00 bits per heavy atom. The SMILES string of the molecule is Cc1ccc(-c2ccc(C(=O)CC(CCCc3ccccc3)C(=O)O)cc2)cc1. The Bertz CT molecular complexity index is 942. The van der Waals surface area contributed by atoms with E-state index in [4.69, 9.17) is 0 Å². The van der Waals surface area contributed by atoms with Crippen LogP contribution in [0.25, 0.3) is 11.1 Å². The molecule has 0 aliphatic rings. The summed E-state index contributed by atoms with van der Waals surface area (Å²) in [6, 6.07) is 25.6. The molecule has 3 rings (SSSR count). The molecule has 0 radical (unpaired) electrons. The van der Waals surface area contributed by atoms with Gasteiger partial charge in [0.2, 0.25) is 0 Å². The van der Waals surface area contributed by atoms with Crippen LogP contribution in [0.1, 0.15) is 40.7 Å². The highest BCUT2D eigenvalue weighted by molar-refractivity contribution is 5.98. The molecule has 0 saturated carbocycles. The maximum Gasteiger partial charge on any atom is 0.306 e. The lowest BCUT2D eigenvalue weighted by Gasteiger charge is -2.12. The zero-order valence-electron chi connectivity index (χ0n) is 16.7. The predicted octanol–water partition coefficient (Wildman–Crippen LogP) is 5.96. The van der Waals surface area contributed by atoms with Crippen molar-refractivity contribution >= 4 is 11.8 Å². The molecular weight excluding hydrogens is 360 g/mol. The van der Waals surface area contributed by atoms with Crippen LogP contribution in [0.15, 0.2) is 78.9 Å². The van der Waals surface area contributed by atoms with E-state index in [-0.39, 0.29) is 12.2 Å². The molecule has 0 heterocycles. The summed E-state index contributed by atoms with van der Waals surface area (Å²) in [5, 5.41) is 9.53. The summed E-state index contributed by atoms with van der Waals surface area (Å²) in [6.07, 6.45) is 2.11. The summed E-state index contributed by atoms with van der Waals surface area (Å²) in [6.45, 7) is 2.05. The van der Waals surface area contributed by atoms with Crippen molar-refractivity contribution in [1.29, 1.82) is 0 Å². The number of hydrogen-bond acceptors (Lipinski definition) is 2. The fraction of sp³-hybridized carbons (Fsp3) is 0.231. The van der Waals surface area contributed by atoms with Crippen molar-refractivity contribution in [2.75, 3.05) is 0 Å². The van der Waals surface area contributed by atoms with Gasteiger partial charge in [-0.1, -0.05) is 84.4 Å². The third kappa shape index (κ3) is 5.89. The van der Waals surface area contributed by atoms with Crippen LogP contribution in [0.5, 0.6) is 0 Å². The second-order valence-corrected chi connectivity index (χ2v) is 7.48. The molecule has 3 nitrogen and oxygen atoms in total. The molecule has 1 N–H and O–H groups in total. The Labute approximate surface area is 172 Å². The maximum atomic E-state index is 12.6. The number of hydrogen-bond donors (Lipinski definition) is 1. The van der Waals surface area contributed by atoms with Crippen molar-refractivity contribution in [2.24, 2.45) is 5.92 Å². The zero-order chi connectivity index (χ0) is 20.6. The molecule has 3 aromatic carbocycles. The molecule has 0 saturated heterocycles. The maximum absolute atomic E-state index is 12.6. The summed E-state index contributed by atoms with van der Waals surface area (Å²) in [7, 11) is 0. The smallest absolute Gasteiger partial charge is 0.306 e. The van der Waals surface area contributed by atoms with Crippen molar-refractivity contribution in [3.8, 4) is 11.1 Å². The molecule has 0 aliphatic carbocycles. The first-order valence-corrected chi connectivity index (χ1v) is 10.00. The van der Waals surface area contributed by atoms with Gasteiger partial charge in [0.05, 0.1) is 5.92 Å². The van der Waals surface area contributed by atoms with Gasteiger partial charge >= 0.3 is 5.97 Å². The minimum atomic E-state index is -0.900. The lowest BCUT2D eigenvalue weighted by Crippen LogP contribution is -2.18. The average molecular weight is 386 g/mol. The average Bonchev–Trinajstić information content (AvgIpc) is 2.74. The Morgan fingerprint density at radius 2 is 1.41 bits per heavy atom. The summed E-state index contributed by atoms with van der Waals surface area (Å²) in [4.78, 5) is 24.2. The lowest BCUT2D eigenvalue weighted by atomic mass is 9.92.